The van der Waals surface area contributed by atoms with E-state index >= 15 is 0 Å². The summed E-state index contributed by atoms with van der Waals surface area (Å²) in [4.78, 5) is 25.6. The van der Waals surface area contributed by atoms with Crippen LogP contribution < -0.4 is 0 Å². The lowest BCUT2D eigenvalue weighted by molar-refractivity contribution is -0.137. The number of hydrogen-bond donors (Lipinski definition) is 2. The number of hydrogen-bond acceptors (Lipinski definition) is 4. The van der Waals surface area contributed by atoms with Crippen molar-refractivity contribution >= 4 is 11.9 Å². The van der Waals surface area contributed by atoms with Crippen LogP contribution in [0.15, 0.2) is 6.07 Å². The number of carbonyl (C=O) groups excluding carboxylic acids is 1. The topological polar surface area (TPSA) is 104 Å². The molecule has 1 atom stereocenters. The Labute approximate surface area is 152 Å². The van der Waals surface area contributed by atoms with Crippen LogP contribution in [0.3, 0.4) is 0 Å². The van der Waals surface area contributed by atoms with Crippen LogP contribution in [0.1, 0.15) is 54.0 Å². The number of aromatic nitrogens is 4. The molecule has 2 aromatic rings. The maximum Gasteiger partial charge on any atom is 0.303 e. The SMILES string of the molecule is Cc1nn(C)c(C)c1-c1cc(C(=O)N2CCCCC2CCC(=O)O)[nH]n1. The lowest BCUT2D eigenvalue weighted by Gasteiger charge is -2.35. The van der Waals surface area contributed by atoms with E-state index in [1.807, 2.05) is 20.9 Å². The van der Waals surface area contributed by atoms with E-state index in [9.17, 15) is 9.59 Å². The van der Waals surface area contributed by atoms with Crippen LogP contribution in [0.4, 0.5) is 0 Å². The molecule has 2 N–H and O–H groups in total. The number of nitrogens with one attached hydrogen (secondary N) is 1. The Bertz CT molecular complexity index is 823. The highest BCUT2D eigenvalue weighted by Crippen LogP contribution is 2.27. The summed E-state index contributed by atoms with van der Waals surface area (Å²) in [5, 5.41) is 20.5. The summed E-state index contributed by atoms with van der Waals surface area (Å²) in [7, 11) is 1.88. The van der Waals surface area contributed by atoms with Gasteiger partial charge in [-0.3, -0.25) is 19.4 Å². The molecular weight excluding hydrogens is 334 g/mol. The van der Waals surface area contributed by atoms with Crippen LogP contribution >= 0.6 is 0 Å². The molecule has 0 saturated carbocycles. The van der Waals surface area contributed by atoms with Gasteiger partial charge in [0, 0.05) is 37.3 Å². The predicted octanol–water partition coefficient (Wildman–Crippen LogP) is 2.29. The third-order valence-corrected chi connectivity index (χ3v) is 5.15. The van der Waals surface area contributed by atoms with Gasteiger partial charge < -0.3 is 10.0 Å². The number of carboxylic acid groups (broad SMARTS) is 1. The average molecular weight is 359 g/mol. The Balaban J connectivity index is 1.81. The molecule has 8 nitrogen and oxygen atoms in total. The van der Waals surface area contributed by atoms with E-state index in [0.29, 0.717) is 24.4 Å². The number of nitrogens with zero attached hydrogens (tertiary/aromatic N) is 4. The first-order valence-corrected chi connectivity index (χ1v) is 8.97. The van der Waals surface area contributed by atoms with Gasteiger partial charge in [-0.2, -0.15) is 10.2 Å². The Morgan fingerprint density at radius 2 is 2.12 bits per heavy atom. The second kappa shape index (κ2) is 7.31. The van der Waals surface area contributed by atoms with Crippen LogP contribution in [0.5, 0.6) is 0 Å². The lowest BCUT2D eigenvalue weighted by Crippen LogP contribution is -2.44. The van der Waals surface area contributed by atoms with Crippen LogP contribution in [0.2, 0.25) is 0 Å². The van der Waals surface area contributed by atoms with E-state index in [1.54, 1.807) is 15.6 Å². The van der Waals surface area contributed by atoms with Crippen molar-refractivity contribution in [1.82, 2.24) is 24.9 Å². The smallest absolute Gasteiger partial charge is 0.303 e. The van der Waals surface area contributed by atoms with Crippen molar-refractivity contribution in [3.05, 3.63) is 23.1 Å². The molecule has 3 heterocycles. The molecule has 1 saturated heterocycles. The first-order valence-electron chi connectivity index (χ1n) is 8.97. The molecule has 0 bridgehead atoms. The molecule has 1 amide bonds. The highest BCUT2D eigenvalue weighted by molar-refractivity contribution is 5.93. The predicted molar refractivity (Wildman–Crippen MR) is 95.8 cm³/mol. The molecule has 0 radical (unpaired) electrons. The molecule has 1 fully saturated rings. The molecule has 2 aromatic heterocycles. The summed E-state index contributed by atoms with van der Waals surface area (Å²) in [6, 6.07) is 1.74. The van der Waals surface area contributed by atoms with Gasteiger partial charge in [-0.05, 0) is 45.6 Å². The van der Waals surface area contributed by atoms with Gasteiger partial charge in [-0.15, -0.1) is 0 Å². The third-order valence-electron chi connectivity index (χ3n) is 5.15. The zero-order chi connectivity index (χ0) is 18.8. The number of aliphatic carboxylic acids is 1. The van der Waals surface area contributed by atoms with Crippen molar-refractivity contribution in [2.24, 2.45) is 7.05 Å². The number of aromatic amines is 1. The summed E-state index contributed by atoms with van der Waals surface area (Å²) in [5.74, 6) is -0.938. The molecule has 8 heteroatoms. The van der Waals surface area contributed by atoms with Crippen LogP contribution in [0.25, 0.3) is 11.3 Å². The molecule has 26 heavy (non-hydrogen) atoms. The van der Waals surface area contributed by atoms with Gasteiger partial charge in [0.2, 0.25) is 0 Å². The highest BCUT2D eigenvalue weighted by Gasteiger charge is 2.29. The molecule has 3 rings (SSSR count). The second-order valence-electron chi connectivity index (χ2n) is 6.92. The summed E-state index contributed by atoms with van der Waals surface area (Å²) >= 11 is 0. The molecule has 140 valence electrons. The van der Waals surface area contributed by atoms with Crippen LogP contribution in [0, 0.1) is 13.8 Å². The Morgan fingerprint density at radius 3 is 2.77 bits per heavy atom. The molecule has 0 spiro atoms. The Morgan fingerprint density at radius 1 is 1.35 bits per heavy atom. The van der Waals surface area contributed by atoms with E-state index in [0.717, 1.165) is 36.2 Å². The van der Waals surface area contributed by atoms with Crippen LogP contribution in [-0.4, -0.2) is 54.4 Å². The fraction of sp³-hybridized carbons (Fsp3) is 0.556. The lowest BCUT2D eigenvalue weighted by atomic mass is 9.97. The van der Waals surface area contributed by atoms with Gasteiger partial charge in [0.25, 0.3) is 5.91 Å². The van der Waals surface area contributed by atoms with E-state index in [1.165, 1.54) is 0 Å². The number of likely N-dealkylation sites (tertiary alicyclic amines) is 1. The number of rotatable bonds is 5. The largest absolute Gasteiger partial charge is 0.481 e. The zero-order valence-electron chi connectivity index (χ0n) is 15.4. The summed E-state index contributed by atoms with van der Waals surface area (Å²) < 4.78 is 1.80. The third kappa shape index (κ3) is 3.49. The molecule has 0 aliphatic carbocycles. The number of carbonyl (C=O) groups is 2. The Kier molecular flexibility index (Phi) is 5.11. The molecule has 1 aliphatic heterocycles. The maximum atomic E-state index is 13.0. The summed E-state index contributed by atoms with van der Waals surface area (Å²) in [6.07, 6.45) is 3.38. The standard InChI is InChI=1S/C18H25N5O3/c1-11-17(12(2)22(3)21-11)14-10-15(20-19-14)18(26)23-9-5-4-6-13(23)7-8-16(24)25/h10,13H,4-9H2,1-3H3,(H,19,20)(H,24,25). The number of carboxylic acids is 1. The average Bonchev–Trinajstić information content (AvgIpc) is 3.17. The first-order chi connectivity index (χ1) is 12.4. The minimum atomic E-state index is -0.825. The van der Waals surface area contributed by atoms with Gasteiger partial charge in [0.05, 0.1) is 11.4 Å². The van der Waals surface area contributed by atoms with Crippen molar-refractivity contribution in [1.29, 1.82) is 0 Å². The van der Waals surface area contributed by atoms with Crippen molar-refractivity contribution in [2.75, 3.05) is 6.54 Å². The number of amides is 1. The van der Waals surface area contributed by atoms with E-state index < -0.39 is 5.97 Å². The molecule has 0 aromatic carbocycles. The Hall–Kier alpha value is -2.64. The summed E-state index contributed by atoms with van der Waals surface area (Å²) in [6.45, 7) is 4.55. The second-order valence-corrected chi connectivity index (χ2v) is 6.92. The maximum absolute atomic E-state index is 13.0. The molecule has 1 aliphatic rings. The monoisotopic (exact) mass is 359 g/mol. The normalized spacial score (nSPS) is 17.5. The van der Waals surface area contributed by atoms with E-state index in [-0.39, 0.29) is 18.4 Å². The van der Waals surface area contributed by atoms with E-state index in [4.69, 9.17) is 5.11 Å². The van der Waals surface area contributed by atoms with Crippen molar-refractivity contribution in [3.8, 4) is 11.3 Å². The number of piperidine rings is 1. The van der Waals surface area contributed by atoms with Crippen molar-refractivity contribution in [3.63, 3.8) is 0 Å². The quantitative estimate of drug-likeness (QED) is 0.852. The van der Waals surface area contributed by atoms with E-state index in [2.05, 4.69) is 15.3 Å². The molecule has 1 unspecified atom stereocenters. The minimum absolute atomic E-state index is 0.0269. The van der Waals surface area contributed by atoms with Gasteiger partial charge in [0.15, 0.2) is 0 Å². The van der Waals surface area contributed by atoms with Crippen molar-refractivity contribution in [2.45, 2.75) is 52.0 Å². The van der Waals surface area contributed by atoms with Crippen LogP contribution in [-0.2, 0) is 11.8 Å². The number of H-pyrrole nitrogens is 1. The van der Waals surface area contributed by atoms with Gasteiger partial charge in [-0.1, -0.05) is 0 Å². The summed E-state index contributed by atoms with van der Waals surface area (Å²) in [5.41, 5.74) is 3.93. The molecular formula is C18H25N5O3. The van der Waals surface area contributed by atoms with Gasteiger partial charge in [0.1, 0.15) is 5.69 Å². The van der Waals surface area contributed by atoms with Gasteiger partial charge in [-0.25, -0.2) is 0 Å². The van der Waals surface area contributed by atoms with Gasteiger partial charge >= 0.3 is 5.97 Å². The first kappa shape index (κ1) is 18.2. The zero-order valence-corrected chi connectivity index (χ0v) is 15.4. The highest BCUT2D eigenvalue weighted by atomic mass is 16.4. The van der Waals surface area contributed by atoms with Crippen molar-refractivity contribution < 1.29 is 14.7 Å². The fourth-order valence-corrected chi connectivity index (χ4v) is 3.72. The minimum Gasteiger partial charge on any atom is -0.481 e. The fourth-order valence-electron chi connectivity index (χ4n) is 3.72. The number of aryl methyl sites for hydroxylation is 2.